The van der Waals surface area contributed by atoms with E-state index in [1.54, 1.807) is 14.2 Å². The van der Waals surface area contributed by atoms with Crippen molar-refractivity contribution in [2.24, 2.45) is 0 Å². The minimum Gasteiger partial charge on any atom is -0.493 e. The maximum atomic E-state index is 12.6. The summed E-state index contributed by atoms with van der Waals surface area (Å²) >= 11 is 6.15. The summed E-state index contributed by atoms with van der Waals surface area (Å²) in [6.45, 7) is 2.62. The zero-order valence-electron chi connectivity index (χ0n) is 15.8. The molecule has 144 valence electrons. The van der Waals surface area contributed by atoms with Crippen molar-refractivity contribution in [2.45, 2.75) is 25.9 Å². The molecule has 0 saturated heterocycles. The number of benzene rings is 2. The van der Waals surface area contributed by atoms with Crippen molar-refractivity contribution in [1.29, 1.82) is 0 Å². The van der Waals surface area contributed by atoms with Crippen LogP contribution in [0.1, 0.15) is 23.1 Å². The number of hydrogen-bond donors (Lipinski definition) is 1. The van der Waals surface area contributed by atoms with Gasteiger partial charge < -0.3 is 19.7 Å². The van der Waals surface area contributed by atoms with E-state index >= 15 is 0 Å². The molecule has 0 spiro atoms. The van der Waals surface area contributed by atoms with E-state index in [0.29, 0.717) is 31.8 Å². The summed E-state index contributed by atoms with van der Waals surface area (Å²) in [6, 6.07) is 11.7. The minimum absolute atomic E-state index is 0.155. The molecule has 0 saturated carbocycles. The van der Waals surface area contributed by atoms with Crippen LogP contribution in [0.25, 0.3) is 0 Å². The third-order valence-electron chi connectivity index (χ3n) is 4.86. The molecule has 1 N–H and O–H groups in total. The lowest BCUT2D eigenvalue weighted by molar-refractivity contribution is -0.132. The Kier molecular flexibility index (Phi) is 6.58. The largest absolute Gasteiger partial charge is 0.493 e. The average Bonchev–Trinajstić information content (AvgIpc) is 2.70. The van der Waals surface area contributed by atoms with Gasteiger partial charge in [-0.3, -0.25) is 4.79 Å². The number of nitrogens with one attached hydrogen (secondary N) is 1. The normalized spacial score (nSPS) is 13.2. The zero-order chi connectivity index (χ0) is 19.2. The highest BCUT2D eigenvalue weighted by molar-refractivity contribution is 6.31. The number of methoxy groups -OCH3 is 2. The lowest BCUT2D eigenvalue weighted by Gasteiger charge is -2.29. The van der Waals surface area contributed by atoms with Gasteiger partial charge in [0.25, 0.3) is 0 Å². The Morgan fingerprint density at radius 1 is 1.15 bits per heavy atom. The summed E-state index contributed by atoms with van der Waals surface area (Å²) in [5.74, 6) is 1.59. The maximum Gasteiger partial charge on any atom is 0.224 e. The van der Waals surface area contributed by atoms with Crippen LogP contribution in [0.5, 0.6) is 11.5 Å². The lowest BCUT2D eigenvalue weighted by Crippen LogP contribution is -2.37. The number of rotatable bonds is 7. The molecule has 0 fully saturated rings. The molecular weight excluding hydrogens is 364 g/mol. The van der Waals surface area contributed by atoms with E-state index in [2.05, 4.69) is 5.32 Å². The molecule has 1 heterocycles. The van der Waals surface area contributed by atoms with Gasteiger partial charge >= 0.3 is 0 Å². The van der Waals surface area contributed by atoms with Crippen molar-refractivity contribution >= 4 is 17.5 Å². The summed E-state index contributed by atoms with van der Waals surface area (Å²) in [4.78, 5) is 14.5. The van der Waals surface area contributed by atoms with Crippen molar-refractivity contribution in [3.63, 3.8) is 0 Å². The zero-order valence-corrected chi connectivity index (χ0v) is 16.5. The Morgan fingerprint density at radius 3 is 2.56 bits per heavy atom. The van der Waals surface area contributed by atoms with Crippen LogP contribution in [0.2, 0.25) is 5.02 Å². The second-order valence-electron chi connectivity index (χ2n) is 6.56. The molecule has 1 aliphatic heterocycles. The molecule has 2 aromatic carbocycles. The number of hydrogen-bond acceptors (Lipinski definition) is 4. The van der Waals surface area contributed by atoms with Crippen LogP contribution in [-0.2, 0) is 24.3 Å². The highest BCUT2D eigenvalue weighted by atomic mass is 35.5. The minimum atomic E-state index is 0.155. The van der Waals surface area contributed by atoms with Crippen LogP contribution in [0.4, 0.5) is 0 Å². The van der Waals surface area contributed by atoms with Gasteiger partial charge in [-0.15, -0.1) is 0 Å². The van der Waals surface area contributed by atoms with Crippen LogP contribution in [0, 0.1) is 0 Å². The molecule has 6 heteroatoms. The van der Waals surface area contributed by atoms with Gasteiger partial charge in [0.15, 0.2) is 11.5 Å². The van der Waals surface area contributed by atoms with Crippen molar-refractivity contribution < 1.29 is 14.3 Å². The maximum absolute atomic E-state index is 12.6. The van der Waals surface area contributed by atoms with Gasteiger partial charge in [0.2, 0.25) is 5.91 Å². The van der Waals surface area contributed by atoms with Crippen molar-refractivity contribution in [3.05, 3.63) is 58.1 Å². The fraction of sp³-hybridized carbons (Fsp3) is 0.381. The molecule has 1 amide bonds. The summed E-state index contributed by atoms with van der Waals surface area (Å²) in [7, 11) is 3.26. The number of nitrogens with zero attached hydrogens (tertiary/aromatic N) is 1. The van der Waals surface area contributed by atoms with E-state index in [1.807, 2.05) is 41.3 Å². The molecule has 0 unspecified atom stereocenters. The summed E-state index contributed by atoms with van der Waals surface area (Å²) in [5, 5.41) is 4.04. The third-order valence-corrected chi connectivity index (χ3v) is 5.23. The topological polar surface area (TPSA) is 50.8 Å². The Bertz CT molecular complexity index is 810. The first-order valence-electron chi connectivity index (χ1n) is 9.08. The molecule has 0 atom stereocenters. The van der Waals surface area contributed by atoms with Crippen LogP contribution >= 0.6 is 11.6 Å². The summed E-state index contributed by atoms with van der Waals surface area (Å²) < 4.78 is 10.7. The Morgan fingerprint density at radius 2 is 1.85 bits per heavy atom. The van der Waals surface area contributed by atoms with Crippen LogP contribution in [0.3, 0.4) is 0 Å². The molecule has 0 aromatic heterocycles. The van der Waals surface area contributed by atoms with Crippen molar-refractivity contribution in [1.82, 2.24) is 10.2 Å². The van der Waals surface area contributed by atoms with E-state index in [1.165, 1.54) is 5.56 Å². The van der Waals surface area contributed by atoms with Gasteiger partial charge in [-0.05, 0) is 41.3 Å². The second-order valence-corrected chi connectivity index (χ2v) is 6.97. The van der Waals surface area contributed by atoms with Gasteiger partial charge in [0, 0.05) is 37.6 Å². The predicted octanol–water partition coefficient (Wildman–Crippen LogP) is 3.42. The second kappa shape index (κ2) is 9.11. The van der Waals surface area contributed by atoms with Crippen molar-refractivity contribution in [3.8, 4) is 11.5 Å². The quantitative estimate of drug-likeness (QED) is 0.738. The summed E-state index contributed by atoms with van der Waals surface area (Å²) in [6.07, 6.45) is 1.29. The smallest absolute Gasteiger partial charge is 0.224 e. The molecule has 2 aromatic rings. The molecule has 0 bridgehead atoms. The van der Waals surface area contributed by atoms with E-state index < -0.39 is 0 Å². The fourth-order valence-electron chi connectivity index (χ4n) is 3.31. The molecule has 27 heavy (non-hydrogen) atoms. The Labute approximate surface area is 165 Å². The Balaban J connectivity index is 1.52. The molecule has 1 aliphatic rings. The predicted molar refractivity (Wildman–Crippen MR) is 106 cm³/mol. The number of ether oxygens (including phenoxy) is 2. The Hall–Kier alpha value is -2.24. The van der Waals surface area contributed by atoms with Crippen LogP contribution < -0.4 is 14.8 Å². The molecule has 5 nitrogen and oxygen atoms in total. The number of carbonyl (C=O) groups is 1. The van der Waals surface area contributed by atoms with Crippen LogP contribution in [-0.4, -0.2) is 38.1 Å². The molecule has 0 radical (unpaired) electrons. The number of halogens is 1. The first kappa shape index (κ1) is 19.5. The first-order valence-corrected chi connectivity index (χ1v) is 9.46. The fourth-order valence-corrected chi connectivity index (χ4v) is 3.52. The number of fused-ring (bicyclic) bond motifs is 1. The monoisotopic (exact) mass is 388 g/mol. The lowest BCUT2D eigenvalue weighted by atomic mass is 9.98. The van der Waals surface area contributed by atoms with E-state index in [0.717, 1.165) is 34.9 Å². The first-order chi connectivity index (χ1) is 13.1. The average molecular weight is 389 g/mol. The van der Waals surface area contributed by atoms with Gasteiger partial charge in [0.05, 0.1) is 14.2 Å². The SMILES string of the molecule is COc1cc2c(cc1OC)CN(C(=O)CCNCc1ccccc1Cl)CC2. The number of carbonyl (C=O) groups excluding carboxylic acids is 1. The molecular formula is C21H25ClN2O3. The van der Waals surface area contributed by atoms with E-state index in [-0.39, 0.29) is 5.91 Å². The standard InChI is InChI=1S/C21H25ClN2O3/c1-26-19-11-15-8-10-24(14-17(15)12-20(19)27-2)21(25)7-9-23-13-16-5-3-4-6-18(16)22/h3-6,11-12,23H,7-10,13-14H2,1-2H3. The molecule has 0 aliphatic carbocycles. The molecule has 3 rings (SSSR count). The van der Waals surface area contributed by atoms with Gasteiger partial charge in [-0.2, -0.15) is 0 Å². The summed E-state index contributed by atoms with van der Waals surface area (Å²) in [5.41, 5.74) is 3.38. The highest BCUT2D eigenvalue weighted by Crippen LogP contribution is 2.33. The highest BCUT2D eigenvalue weighted by Gasteiger charge is 2.22. The van der Waals surface area contributed by atoms with E-state index in [9.17, 15) is 4.79 Å². The van der Waals surface area contributed by atoms with Gasteiger partial charge in [-0.25, -0.2) is 0 Å². The van der Waals surface area contributed by atoms with E-state index in [4.69, 9.17) is 21.1 Å². The van der Waals surface area contributed by atoms with Crippen molar-refractivity contribution in [2.75, 3.05) is 27.3 Å². The van der Waals surface area contributed by atoms with Gasteiger partial charge in [0.1, 0.15) is 0 Å². The van der Waals surface area contributed by atoms with Crippen LogP contribution in [0.15, 0.2) is 36.4 Å². The number of amides is 1. The third kappa shape index (κ3) is 4.73. The van der Waals surface area contributed by atoms with Gasteiger partial charge in [-0.1, -0.05) is 29.8 Å².